The van der Waals surface area contributed by atoms with E-state index in [1.165, 1.54) is 0 Å². The van der Waals surface area contributed by atoms with Gasteiger partial charge >= 0.3 is 5.69 Å². The molecule has 15 heavy (non-hydrogen) atoms. The smallest absolute Gasteiger partial charge is 0.326 e. The Morgan fingerprint density at radius 2 is 2.27 bits per heavy atom. The van der Waals surface area contributed by atoms with Crippen LogP contribution in [0.2, 0.25) is 0 Å². The Morgan fingerprint density at radius 3 is 2.93 bits per heavy atom. The first-order valence-electron chi connectivity index (χ1n) is 5.04. The van der Waals surface area contributed by atoms with E-state index in [1.54, 1.807) is 4.57 Å². The Balaban J connectivity index is 2.76. The van der Waals surface area contributed by atoms with E-state index >= 15 is 0 Å². The molecule has 3 N–H and O–H groups in total. The third kappa shape index (κ3) is 1.57. The molecule has 4 nitrogen and oxygen atoms in total. The van der Waals surface area contributed by atoms with Crippen LogP contribution in [0.5, 0.6) is 0 Å². The molecule has 4 heteroatoms. The second kappa shape index (κ2) is 3.55. The first kappa shape index (κ1) is 9.98. The summed E-state index contributed by atoms with van der Waals surface area (Å²) in [7, 11) is 0. The van der Waals surface area contributed by atoms with Crippen LogP contribution in [0.4, 0.5) is 0 Å². The van der Waals surface area contributed by atoms with E-state index < -0.39 is 0 Å². The Labute approximate surface area is 87.7 Å². The molecule has 0 bridgehead atoms. The molecule has 1 atom stereocenters. The normalized spacial score (nSPS) is 13.3. The molecule has 2 rings (SSSR count). The molecule has 1 aromatic carbocycles. The molecular weight excluding hydrogens is 190 g/mol. The minimum atomic E-state index is -0.0893. The Kier molecular flexibility index (Phi) is 2.36. The minimum absolute atomic E-state index is 0.0213. The van der Waals surface area contributed by atoms with E-state index in [0.717, 1.165) is 16.6 Å². The van der Waals surface area contributed by atoms with Crippen LogP contribution in [-0.4, -0.2) is 16.1 Å². The van der Waals surface area contributed by atoms with Gasteiger partial charge in [-0.1, -0.05) is 6.07 Å². The highest BCUT2D eigenvalue weighted by Crippen LogP contribution is 2.15. The van der Waals surface area contributed by atoms with Crippen molar-refractivity contribution in [1.82, 2.24) is 9.55 Å². The van der Waals surface area contributed by atoms with Crippen molar-refractivity contribution in [2.24, 2.45) is 5.73 Å². The lowest BCUT2D eigenvalue weighted by Gasteiger charge is -2.10. The highest BCUT2D eigenvalue weighted by atomic mass is 16.1. The highest BCUT2D eigenvalue weighted by Gasteiger charge is 2.11. The summed E-state index contributed by atoms with van der Waals surface area (Å²) in [4.78, 5) is 14.5. The number of aromatic nitrogens is 2. The number of hydrogen-bond acceptors (Lipinski definition) is 2. The average Bonchev–Trinajstić information content (AvgIpc) is 2.52. The van der Waals surface area contributed by atoms with Crippen LogP contribution in [0.3, 0.4) is 0 Å². The molecule has 0 aliphatic carbocycles. The van der Waals surface area contributed by atoms with Crippen molar-refractivity contribution in [3.8, 4) is 0 Å². The SMILES string of the molecule is Cc1ccc2[nH]c(=O)n(C(C)CN)c2c1. The third-order valence-corrected chi connectivity index (χ3v) is 2.66. The number of fused-ring (bicyclic) bond motifs is 1. The second-order valence-corrected chi connectivity index (χ2v) is 3.91. The summed E-state index contributed by atoms with van der Waals surface area (Å²) in [6, 6.07) is 5.93. The fraction of sp³-hybridized carbons (Fsp3) is 0.364. The van der Waals surface area contributed by atoms with Crippen LogP contribution < -0.4 is 11.4 Å². The molecule has 0 saturated carbocycles. The maximum absolute atomic E-state index is 11.7. The largest absolute Gasteiger partial charge is 0.328 e. The molecule has 80 valence electrons. The number of nitrogens with zero attached hydrogens (tertiary/aromatic N) is 1. The molecular formula is C11H15N3O. The molecule has 2 aromatic rings. The maximum atomic E-state index is 11.7. The van der Waals surface area contributed by atoms with E-state index in [0.29, 0.717) is 6.54 Å². The number of aromatic amines is 1. The van der Waals surface area contributed by atoms with Crippen LogP contribution >= 0.6 is 0 Å². The molecule has 1 aromatic heterocycles. The second-order valence-electron chi connectivity index (χ2n) is 3.91. The van der Waals surface area contributed by atoms with Crippen molar-refractivity contribution < 1.29 is 0 Å². The Hall–Kier alpha value is -1.55. The summed E-state index contributed by atoms with van der Waals surface area (Å²) < 4.78 is 1.71. The number of H-pyrrole nitrogens is 1. The lowest BCUT2D eigenvalue weighted by atomic mass is 10.2. The summed E-state index contributed by atoms with van der Waals surface area (Å²) in [6.07, 6.45) is 0. The first-order valence-corrected chi connectivity index (χ1v) is 5.04. The van der Waals surface area contributed by atoms with Gasteiger partial charge in [-0.3, -0.25) is 4.57 Å². The van der Waals surface area contributed by atoms with E-state index in [-0.39, 0.29) is 11.7 Å². The van der Waals surface area contributed by atoms with Crippen LogP contribution in [-0.2, 0) is 0 Å². The van der Waals surface area contributed by atoms with Crippen molar-refractivity contribution in [3.05, 3.63) is 34.2 Å². The van der Waals surface area contributed by atoms with Crippen molar-refractivity contribution in [2.75, 3.05) is 6.54 Å². The molecule has 0 fully saturated rings. The van der Waals surface area contributed by atoms with Gasteiger partial charge in [0.1, 0.15) is 0 Å². The maximum Gasteiger partial charge on any atom is 0.326 e. The molecule has 0 saturated heterocycles. The number of hydrogen-bond donors (Lipinski definition) is 2. The molecule has 0 aliphatic rings. The fourth-order valence-electron chi connectivity index (χ4n) is 1.77. The third-order valence-electron chi connectivity index (χ3n) is 2.66. The molecule has 0 amide bonds. The number of benzene rings is 1. The van der Waals surface area contributed by atoms with E-state index in [9.17, 15) is 4.79 Å². The predicted octanol–water partition coefficient (Wildman–Crippen LogP) is 1.16. The van der Waals surface area contributed by atoms with Crippen molar-refractivity contribution in [3.63, 3.8) is 0 Å². The zero-order valence-corrected chi connectivity index (χ0v) is 8.95. The van der Waals surface area contributed by atoms with Crippen LogP contribution in [0.15, 0.2) is 23.0 Å². The van der Waals surface area contributed by atoms with Gasteiger partial charge in [-0.2, -0.15) is 0 Å². The van der Waals surface area contributed by atoms with Gasteiger partial charge in [-0.05, 0) is 31.5 Å². The molecule has 0 aliphatic heterocycles. The number of aryl methyl sites for hydroxylation is 1. The monoisotopic (exact) mass is 205 g/mol. The highest BCUT2D eigenvalue weighted by molar-refractivity contribution is 5.76. The van der Waals surface area contributed by atoms with E-state index in [2.05, 4.69) is 4.98 Å². The summed E-state index contributed by atoms with van der Waals surface area (Å²) in [5.41, 5.74) is 8.43. The quantitative estimate of drug-likeness (QED) is 0.772. The van der Waals surface area contributed by atoms with Gasteiger partial charge in [0.15, 0.2) is 0 Å². The first-order chi connectivity index (χ1) is 7.13. The molecule has 1 heterocycles. The summed E-state index contributed by atoms with van der Waals surface area (Å²) in [5, 5.41) is 0. The molecule has 1 unspecified atom stereocenters. The standard InChI is InChI=1S/C11H15N3O/c1-7-3-4-9-10(5-7)14(8(2)6-12)11(15)13-9/h3-5,8H,6,12H2,1-2H3,(H,13,15). The lowest BCUT2D eigenvalue weighted by molar-refractivity contribution is 0.557. The topological polar surface area (TPSA) is 63.8 Å². The van der Waals surface area contributed by atoms with Crippen LogP contribution in [0.1, 0.15) is 18.5 Å². The van der Waals surface area contributed by atoms with Gasteiger partial charge in [-0.25, -0.2) is 4.79 Å². The number of nitrogens with one attached hydrogen (secondary N) is 1. The average molecular weight is 205 g/mol. The van der Waals surface area contributed by atoms with Crippen LogP contribution in [0.25, 0.3) is 11.0 Å². The number of imidazole rings is 1. The van der Waals surface area contributed by atoms with Crippen LogP contribution in [0, 0.1) is 6.92 Å². The minimum Gasteiger partial charge on any atom is -0.328 e. The lowest BCUT2D eigenvalue weighted by Crippen LogP contribution is -2.25. The zero-order chi connectivity index (χ0) is 11.0. The fourth-order valence-corrected chi connectivity index (χ4v) is 1.77. The summed E-state index contributed by atoms with van der Waals surface area (Å²) in [5.74, 6) is 0. The van der Waals surface area contributed by atoms with Gasteiger partial charge in [-0.15, -0.1) is 0 Å². The van der Waals surface area contributed by atoms with E-state index in [1.807, 2.05) is 32.0 Å². The van der Waals surface area contributed by atoms with Crippen molar-refractivity contribution in [1.29, 1.82) is 0 Å². The number of nitrogens with two attached hydrogens (primary N) is 1. The summed E-state index contributed by atoms with van der Waals surface area (Å²) >= 11 is 0. The van der Waals surface area contributed by atoms with E-state index in [4.69, 9.17) is 5.73 Å². The Morgan fingerprint density at radius 1 is 1.53 bits per heavy atom. The van der Waals surface area contributed by atoms with Gasteiger partial charge < -0.3 is 10.7 Å². The zero-order valence-electron chi connectivity index (χ0n) is 8.95. The summed E-state index contributed by atoms with van der Waals surface area (Å²) in [6.45, 7) is 4.41. The van der Waals surface area contributed by atoms with Crippen molar-refractivity contribution in [2.45, 2.75) is 19.9 Å². The molecule has 0 radical (unpaired) electrons. The van der Waals surface area contributed by atoms with Gasteiger partial charge in [0.2, 0.25) is 0 Å². The Bertz CT molecular complexity index is 538. The predicted molar refractivity (Wildman–Crippen MR) is 61.1 cm³/mol. The van der Waals surface area contributed by atoms with Gasteiger partial charge in [0.25, 0.3) is 0 Å². The molecule has 0 spiro atoms. The van der Waals surface area contributed by atoms with Gasteiger partial charge in [0.05, 0.1) is 11.0 Å². The van der Waals surface area contributed by atoms with Crippen molar-refractivity contribution >= 4 is 11.0 Å². The number of rotatable bonds is 2. The van der Waals surface area contributed by atoms with Gasteiger partial charge in [0, 0.05) is 12.6 Å².